The Hall–Kier alpha value is -1.28. The van der Waals surface area contributed by atoms with Crippen LogP contribution in [-0.4, -0.2) is 15.2 Å². The van der Waals surface area contributed by atoms with Crippen LogP contribution in [0.2, 0.25) is 0 Å². The Labute approximate surface area is 92.7 Å². The molecule has 0 saturated heterocycles. The van der Waals surface area contributed by atoms with Crippen LogP contribution in [0.5, 0.6) is 0 Å². The summed E-state index contributed by atoms with van der Waals surface area (Å²) in [4.78, 5) is 18.1. The molecule has 1 N–H and O–H groups in total. The second kappa shape index (κ2) is 5.56. The van der Waals surface area contributed by atoms with Gasteiger partial charge in [-0.3, -0.25) is 4.79 Å². The lowest BCUT2D eigenvalue weighted by molar-refractivity contribution is 0.815. The lowest BCUT2D eigenvalue weighted by Crippen LogP contribution is -2.11. The second-order valence-electron chi connectivity index (χ2n) is 3.18. The maximum Gasteiger partial charge on any atom is 0.251 e. The molecule has 1 atom stereocenters. The van der Waals surface area contributed by atoms with E-state index in [0.717, 1.165) is 18.5 Å². The number of aromatic amines is 1. The number of hydrogen-bond acceptors (Lipinski definition) is 4. The molecular weight excluding hydrogens is 210 g/mol. The fourth-order valence-electron chi connectivity index (χ4n) is 1.12. The van der Waals surface area contributed by atoms with Crippen LogP contribution in [0.1, 0.15) is 26.0 Å². The normalized spacial score (nSPS) is 12.1. The zero-order valence-corrected chi connectivity index (χ0v) is 9.60. The van der Waals surface area contributed by atoms with Crippen molar-refractivity contribution >= 4 is 11.8 Å². The van der Waals surface area contributed by atoms with E-state index >= 15 is 0 Å². The van der Waals surface area contributed by atoms with Crippen molar-refractivity contribution in [2.24, 2.45) is 0 Å². The van der Waals surface area contributed by atoms with Gasteiger partial charge < -0.3 is 4.98 Å². The number of nitrogens with one attached hydrogen (secondary N) is 1. The van der Waals surface area contributed by atoms with Gasteiger partial charge in [-0.25, -0.2) is 4.98 Å². The summed E-state index contributed by atoms with van der Waals surface area (Å²) in [6, 6.07) is 3.59. The first-order valence-corrected chi connectivity index (χ1v) is 5.70. The number of thioether (sulfide) groups is 1. The second-order valence-corrected chi connectivity index (χ2v) is 4.51. The van der Waals surface area contributed by atoms with Crippen LogP contribution in [0.4, 0.5) is 0 Å². The van der Waals surface area contributed by atoms with Gasteiger partial charge in [-0.05, 0) is 13.3 Å². The largest absolute Gasteiger partial charge is 0.301 e. The maximum atomic E-state index is 11.3. The highest BCUT2D eigenvalue weighted by molar-refractivity contribution is 7.99. The summed E-state index contributed by atoms with van der Waals surface area (Å²) < 4.78 is 0. The number of rotatable bonds is 4. The predicted octanol–water partition coefficient (Wildman–Crippen LogP) is 1.73. The lowest BCUT2D eigenvalue weighted by atomic mass is 10.2. The minimum atomic E-state index is -0.204. The minimum Gasteiger partial charge on any atom is -0.301 e. The first-order valence-electron chi connectivity index (χ1n) is 4.82. The van der Waals surface area contributed by atoms with Crippen molar-refractivity contribution in [3.63, 3.8) is 0 Å². The van der Waals surface area contributed by atoms with Crippen molar-refractivity contribution in [3.8, 4) is 6.07 Å². The summed E-state index contributed by atoms with van der Waals surface area (Å²) in [7, 11) is 0. The zero-order chi connectivity index (χ0) is 11.3. The van der Waals surface area contributed by atoms with E-state index in [9.17, 15) is 4.79 Å². The van der Waals surface area contributed by atoms with E-state index in [2.05, 4.69) is 16.0 Å². The fraction of sp³-hybridized carbons (Fsp3) is 0.500. The van der Waals surface area contributed by atoms with Crippen LogP contribution in [0.25, 0.3) is 0 Å². The molecule has 0 spiro atoms. The fourth-order valence-corrected chi connectivity index (χ4v) is 1.83. The Morgan fingerprint density at radius 2 is 2.47 bits per heavy atom. The molecule has 0 amide bonds. The third-order valence-corrected chi connectivity index (χ3v) is 2.62. The molecule has 5 heteroatoms. The molecule has 4 nitrogen and oxygen atoms in total. The van der Waals surface area contributed by atoms with Gasteiger partial charge >= 0.3 is 0 Å². The highest BCUT2D eigenvalue weighted by atomic mass is 32.2. The number of H-pyrrole nitrogens is 1. The molecule has 1 aromatic rings. The average Bonchev–Trinajstić information content (AvgIpc) is 2.17. The van der Waals surface area contributed by atoms with Gasteiger partial charge in [0.15, 0.2) is 5.16 Å². The quantitative estimate of drug-likeness (QED) is 0.623. The molecule has 0 saturated carbocycles. The van der Waals surface area contributed by atoms with Crippen molar-refractivity contribution in [1.82, 2.24) is 9.97 Å². The molecule has 0 aliphatic heterocycles. The molecule has 0 aromatic carbocycles. The van der Waals surface area contributed by atoms with Crippen LogP contribution in [0.15, 0.2) is 16.0 Å². The first kappa shape index (κ1) is 11.8. The molecule has 0 bridgehead atoms. The molecule has 1 unspecified atom stereocenters. The lowest BCUT2D eigenvalue weighted by Gasteiger charge is -2.03. The molecule has 1 aromatic heterocycles. The smallest absolute Gasteiger partial charge is 0.251 e. The molecule has 0 radical (unpaired) electrons. The van der Waals surface area contributed by atoms with E-state index in [1.54, 1.807) is 6.92 Å². The van der Waals surface area contributed by atoms with Crippen LogP contribution in [0, 0.1) is 11.3 Å². The molecule has 1 heterocycles. The molecule has 15 heavy (non-hydrogen) atoms. The summed E-state index contributed by atoms with van der Waals surface area (Å²) in [5.41, 5.74) is 0.634. The standard InChI is InChI=1S/C10H13N3OS/c1-3-4-8-5-9(14)13-10(12-8)15-7(2)6-11/h5,7H,3-4H2,1-2H3,(H,12,13,14). The number of hydrogen-bond donors (Lipinski definition) is 1. The summed E-state index contributed by atoms with van der Waals surface area (Å²) in [6.45, 7) is 3.81. The third kappa shape index (κ3) is 3.76. The highest BCUT2D eigenvalue weighted by Crippen LogP contribution is 2.17. The van der Waals surface area contributed by atoms with Crippen LogP contribution >= 0.6 is 11.8 Å². The summed E-state index contributed by atoms with van der Waals surface area (Å²) in [5.74, 6) is 0. The summed E-state index contributed by atoms with van der Waals surface area (Å²) in [6.07, 6.45) is 1.74. The van der Waals surface area contributed by atoms with E-state index in [4.69, 9.17) is 5.26 Å². The first-order chi connectivity index (χ1) is 7.15. The van der Waals surface area contributed by atoms with Gasteiger partial charge in [-0.2, -0.15) is 5.26 Å². The predicted molar refractivity (Wildman–Crippen MR) is 59.8 cm³/mol. The van der Waals surface area contributed by atoms with Crippen LogP contribution in [0.3, 0.4) is 0 Å². The Bertz CT molecular complexity index is 421. The Morgan fingerprint density at radius 3 is 3.07 bits per heavy atom. The molecule has 0 aliphatic rings. The van der Waals surface area contributed by atoms with E-state index in [1.165, 1.54) is 17.8 Å². The van der Waals surface area contributed by atoms with Crippen molar-refractivity contribution in [2.75, 3.05) is 0 Å². The van der Waals surface area contributed by atoms with Gasteiger partial charge in [0.25, 0.3) is 5.56 Å². The van der Waals surface area contributed by atoms with E-state index < -0.39 is 0 Å². The van der Waals surface area contributed by atoms with Crippen LogP contribution in [-0.2, 0) is 6.42 Å². The Balaban J connectivity index is 2.89. The van der Waals surface area contributed by atoms with E-state index in [0.29, 0.717) is 5.16 Å². The maximum absolute atomic E-state index is 11.3. The van der Waals surface area contributed by atoms with Crippen molar-refractivity contribution in [2.45, 2.75) is 37.1 Å². The molecule has 80 valence electrons. The van der Waals surface area contributed by atoms with Gasteiger partial charge in [0.05, 0.1) is 11.3 Å². The van der Waals surface area contributed by atoms with Gasteiger partial charge in [-0.15, -0.1) is 0 Å². The number of aryl methyl sites for hydroxylation is 1. The molecule has 1 rings (SSSR count). The Kier molecular flexibility index (Phi) is 4.37. The topological polar surface area (TPSA) is 69.5 Å². The summed E-state index contributed by atoms with van der Waals surface area (Å²) in [5, 5.41) is 8.97. The van der Waals surface area contributed by atoms with E-state index in [1.807, 2.05) is 6.92 Å². The SMILES string of the molecule is CCCc1cc(=O)[nH]c(SC(C)C#N)n1. The van der Waals surface area contributed by atoms with Crippen molar-refractivity contribution in [3.05, 3.63) is 22.1 Å². The zero-order valence-electron chi connectivity index (χ0n) is 8.78. The van der Waals surface area contributed by atoms with Gasteiger partial charge in [0.1, 0.15) is 0 Å². The number of nitrogens with zero attached hydrogens (tertiary/aromatic N) is 2. The summed E-state index contributed by atoms with van der Waals surface area (Å²) >= 11 is 1.27. The number of aromatic nitrogens is 2. The van der Waals surface area contributed by atoms with Gasteiger partial charge in [-0.1, -0.05) is 25.1 Å². The Morgan fingerprint density at radius 1 is 1.73 bits per heavy atom. The van der Waals surface area contributed by atoms with Crippen LogP contribution < -0.4 is 5.56 Å². The minimum absolute atomic E-state index is 0.152. The third-order valence-electron chi connectivity index (χ3n) is 1.75. The van der Waals surface area contributed by atoms with Crippen molar-refractivity contribution < 1.29 is 0 Å². The molecular formula is C10H13N3OS. The highest BCUT2D eigenvalue weighted by Gasteiger charge is 2.06. The van der Waals surface area contributed by atoms with Crippen molar-refractivity contribution in [1.29, 1.82) is 5.26 Å². The molecule has 0 aliphatic carbocycles. The number of nitriles is 1. The van der Waals surface area contributed by atoms with Gasteiger partial charge in [0.2, 0.25) is 0 Å². The average molecular weight is 223 g/mol. The van der Waals surface area contributed by atoms with E-state index in [-0.39, 0.29) is 10.8 Å². The molecule has 0 fully saturated rings. The monoisotopic (exact) mass is 223 g/mol. The van der Waals surface area contributed by atoms with Gasteiger partial charge in [0, 0.05) is 11.8 Å².